The van der Waals surface area contributed by atoms with Gasteiger partial charge >= 0.3 is 0 Å². The third-order valence-corrected chi connectivity index (χ3v) is 3.57. The van der Waals surface area contributed by atoms with Gasteiger partial charge in [-0.05, 0) is 24.5 Å². The SMILES string of the molecule is CNc1ccc(CN2CCCCCC2=O)cc1[N+](=O)[O-]. The number of benzene rings is 1. The number of hydrogen-bond donors (Lipinski definition) is 1. The van der Waals surface area contributed by atoms with Crippen LogP contribution in [0.3, 0.4) is 0 Å². The van der Waals surface area contributed by atoms with Crippen molar-refractivity contribution in [3.05, 3.63) is 33.9 Å². The van der Waals surface area contributed by atoms with Gasteiger partial charge in [0.2, 0.25) is 5.91 Å². The van der Waals surface area contributed by atoms with E-state index in [1.54, 1.807) is 24.1 Å². The predicted molar refractivity (Wildman–Crippen MR) is 76.5 cm³/mol. The van der Waals surface area contributed by atoms with Gasteiger partial charge in [-0.1, -0.05) is 12.5 Å². The van der Waals surface area contributed by atoms with Crippen molar-refractivity contribution in [1.29, 1.82) is 0 Å². The molecule has 0 saturated carbocycles. The molecule has 0 aromatic heterocycles. The summed E-state index contributed by atoms with van der Waals surface area (Å²) in [4.78, 5) is 24.4. The first-order chi connectivity index (χ1) is 9.61. The number of carbonyl (C=O) groups excluding carboxylic acids is 1. The fourth-order valence-electron chi connectivity index (χ4n) is 2.46. The summed E-state index contributed by atoms with van der Waals surface area (Å²) in [7, 11) is 1.65. The molecule has 1 N–H and O–H groups in total. The van der Waals surface area contributed by atoms with E-state index in [4.69, 9.17) is 0 Å². The van der Waals surface area contributed by atoms with Crippen molar-refractivity contribution in [2.75, 3.05) is 18.9 Å². The number of amides is 1. The molecular formula is C14H19N3O3. The molecule has 1 aromatic carbocycles. The standard InChI is InChI=1S/C14H19N3O3/c1-15-12-7-6-11(9-13(12)17(19)20)10-16-8-4-2-3-5-14(16)18/h6-7,9,15H,2-5,8,10H2,1H3. The monoisotopic (exact) mass is 277 g/mol. The normalized spacial score (nSPS) is 15.8. The highest BCUT2D eigenvalue weighted by molar-refractivity contribution is 5.76. The maximum atomic E-state index is 11.9. The zero-order chi connectivity index (χ0) is 14.5. The Morgan fingerprint density at radius 2 is 2.15 bits per heavy atom. The van der Waals surface area contributed by atoms with Gasteiger partial charge in [-0.3, -0.25) is 14.9 Å². The molecular weight excluding hydrogens is 258 g/mol. The van der Waals surface area contributed by atoms with Crippen molar-refractivity contribution in [2.45, 2.75) is 32.2 Å². The number of nitrogens with zero attached hydrogens (tertiary/aromatic N) is 2. The van der Waals surface area contributed by atoms with E-state index in [-0.39, 0.29) is 11.6 Å². The Hall–Kier alpha value is -2.11. The van der Waals surface area contributed by atoms with Crippen LogP contribution >= 0.6 is 0 Å². The van der Waals surface area contributed by atoms with Gasteiger partial charge in [-0.15, -0.1) is 0 Å². The minimum absolute atomic E-state index is 0.0484. The summed E-state index contributed by atoms with van der Waals surface area (Å²) in [5, 5.41) is 13.8. The molecule has 0 radical (unpaired) electrons. The molecule has 1 heterocycles. The summed E-state index contributed by atoms with van der Waals surface area (Å²) >= 11 is 0. The number of nitro benzene ring substituents is 1. The van der Waals surface area contributed by atoms with E-state index in [2.05, 4.69) is 5.32 Å². The maximum absolute atomic E-state index is 11.9. The van der Waals surface area contributed by atoms with Gasteiger partial charge < -0.3 is 10.2 Å². The molecule has 2 rings (SSSR count). The van der Waals surface area contributed by atoms with Crippen LogP contribution in [-0.2, 0) is 11.3 Å². The number of anilines is 1. The summed E-state index contributed by atoms with van der Waals surface area (Å²) < 4.78 is 0. The molecule has 0 aliphatic carbocycles. The zero-order valence-electron chi connectivity index (χ0n) is 11.6. The minimum Gasteiger partial charge on any atom is -0.383 e. The van der Waals surface area contributed by atoms with Crippen LogP contribution in [0.25, 0.3) is 0 Å². The van der Waals surface area contributed by atoms with Gasteiger partial charge in [-0.25, -0.2) is 0 Å². The molecule has 1 aliphatic heterocycles. The molecule has 1 amide bonds. The first-order valence-electron chi connectivity index (χ1n) is 6.84. The smallest absolute Gasteiger partial charge is 0.292 e. The Balaban J connectivity index is 2.18. The maximum Gasteiger partial charge on any atom is 0.292 e. The molecule has 1 fully saturated rings. The van der Waals surface area contributed by atoms with Crippen molar-refractivity contribution in [1.82, 2.24) is 4.90 Å². The van der Waals surface area contributed by atoms with Crippen molar-refractivity contribution in [3.63, 3.8) is 0 Å². The van der Waals surface area contributed by atoms with E-state index >= 15 is 0 Å². The molecule has 1 saturated heterocycles. The van der Waals surface area contributed by atoms with E-state index in [0.29, 0.717) is 18.7 Å². The van der Waals surface area contributed by atoms with Crippen LogP contribution in [0.15, 0.2) is 18.2 Å². The predicted octanol–water partition coefficient (Wildman–Crippen LogP) is 2.54. The van der Waals surface area contributed by atoms with Crippen LogP contribution in [0.2, 0.25) is 0 Å². The van der Waals surface area contributed by atoms with Crippen LogP contribution in [0.1, 0.15) is 31.2 Å². The number of carbonyl (C=O) groups is 1. The molecule has 6 heteroatoms. The summed E-state index contributed by atoms with van der Waals surface area (Å²) in [6.45, 7) is 1.18. The second-order valence-corrected chi connectivity index (χ2v) is 4.98. The zero-order valence-corrected chi connectivity index (χ0v) is 11.6. The van der Waals surface area contributed by atoms with Crippen LogP contribution in [0.4, 0.5) is 11.4 Å². The highest BCUT2D eigenvalue weighted by Gasteiger charge is 2.19. The molecule has 1 aromatic rings. The lowest BCUT2D eigenvalue weighted by Crippen LogP contribution is -2.29. The van der Waals surface area contributed by atoms with Crippen LogP contribution in [0.5, 0.6) is 0 Å². The largest absolute Gasteiger partial charge is 0.383 e. The Morgan fingerprint density at radius 3 is 2.85 bits per heavy atom. The first kappa shape index (κ1) is 14.3. The van der Waals surface area contributed by atoms with E-state index in [0.717, 1.165) is 31.4 Å². The van der Waals surface area contributed by atoms with Crippen molar-refractivity contribution < 1.29 is 9.72 Å². The minimum atomic E-state index is -0.403. The summed E-state index contributed by atoms with van der Waals surface area (Å²) in [6.07, 6.45) is 3.59. The number of nitrogens with one attached hydrogen (secondary N) is 1. The lowest BCUT2D eigenvalue weighted by molar-refractivity contribution is -0.384. The molecule has 20 heavy (non-hydrogen) atoms. The van der Waals surface area contributed by atoms with Gasteiger partial charge in [0, 0.05) is 32.6 Å². The van der Waals surface area contributed by atoms with Gasteiger partial charge in [0.1, 0.15) is 5.69 Å². The third-order valence-electron chi connectivity index (χ3n) is 3.57. The Morgan fingerprint density at radius 1 is 1.35 bits per heavy atom. The van der Waals surface area contributed by atoms with Gasteiger partial charge in [0.25, 0.3) is 5.69 Å². The van der Waals surface area contributed by atoms with Crippen LogP contribution < -0.4 is 5.32 Å². The molecule has 0 atom stereocenters. The molecule has 0 bridgehead atoms. The number of hydrogen-bond acceptors (Lipinski definition) is 4. The van der Waals surface area contributed by atoms with Crippen molar-refractivity contribution in [2.24, 2.45) is 0 Å². The Kier molecular flexibility index (Phi) is 4.55. The van der Waals surface area contributed by atoms with E-state index < -0.39 is 4.92 Å². The Bertz CT molecular complexity index is 516. The number of likely N-dealkylation sites (tertiary alicyclic amines) is 1. The second-order valence-electron chi connectivity index (χ2n) is 4.98. The van der Waals surface area contributed by atoms with E-state index in [1.807, 2.05) is 6.07 Å². The summed E-state index contributed by atoms with van der Waals surface area (Å²) in [6, 6.07) is 5.07. The third kappa shape index (κ3) is 3.26. The molecule has 0 spiro atoms. The molecule has 6 nitrogen and oxygen atoms in total. The van der Waals surface area contributed by atoms with E-state index in [1.165, 1.54) is 0 Å². The molecule has 108 valence electrons. The van der Waals surface area contributed by atoms with Gasteiger partial charge in [0.05, 0.1) is 4.92 Å². The van der Waals surface area contributed by atoms with Crippen LogP contribution in [0, 0.1) is 10.1 Å². The van der Waals surface area contributed by atoms with E-state index in [9.17, 15) is 14.9 Å². The average molecular weight is 277 g/mol. The topological polar surface area (TPSA) is 75.5 Å². The lowest BCUT2D eigenvalue weighted by Gasteiger charge is -2.20. The first-order valence-corrected chi connectivity index (χ1v) is 6.84. The molecule has 1 aliphatic rings. The number of nitro groups is 1. The Labute approximate surface area is 117 Å². The van der Waals surface area contributed by atoms with Crippen molar-refractivity contribution >= 4 is 17.3 Å². The highest BCUT2D eigenvalue weighted by atomic mass is 16.6. The average Bonchev–Trinajstić information content (AvgIpc) is 2.64. The number of rotatable bonds is 4. The quantitative estimate of drug-likeness (QED) is 0.678. The summed E-state index contributed by atoms with van der Waals surface area (Å²) in [5.74, 6) is 0.142. The van der Waals surface area contributed by atoms with Crippen molar-refractivity contribution in [3.8, 4) is 0 Å². The summed E-state index contributed by atoms with van der Waals surface area (Å²) in [5.41, 5.74) is 1.33. The highest BCUT2D eigenvalue weighted by Crippen LogP contribution is 2.26. The van der Waals surface area contributed by atoms with Gasteiger partial charge in [0.15, 0.2) is 0 Å². The second kappa shape index (κ2) is 6.36. The van der Waals surface area contributed by atoms with Crippen LogP contribution in [-0.4, -0.2) is 29.3 Å². The lowest BCUT2D eigenvalue weighted by atomic mass is 10.1. The molecule has 0 unspecified atom stereocenters. The fourth-order valence-corrected chi connectivity index (χ4v) is 2.46. The fraction of sp³-hybridized carbons (Fsp3) is 0.500. The van der Waals surface area contributed by atoms with Gasteiger partial charge in [-0.2, -0.15) is 0 Å².